The Morgan fingerprint density at radius 3 is 2.78 bits per heavy atom. The highest BCUT2D eigenvalue weighted by Crippen LogP contribution is 1.69. The molecule has 48 valence electrons. The predicted octanol–water partition coefficient (Wildman–Crippen LogP) is -0.631. The van der Waals surface area contributed by atoms with E-state index in [1.54, 1.807) is 6.19 Å². The summed E-state index contributed by atoms with van der Waals surface area (Å²) < 4.78 is 0. The van der Waals surface area contributed by atoms with E-state index in [1.165, 1.54) is 6.92 Å². The van der Waals surface area contributed by atoms with Crippen LogP contribution in [-0.2, 0) is 0 Å². The van der Waals surface area contributed by atoms with Crippen LogP contribution in [0.25, 0.3) is 0 Å². The Hall–Kier alpha value is -1.57. The molecule has 0 aliphatic carbocycles. The van der Waals surface area contributed by atoms with Crippen LogP contribution in [-0.4, -0.2) is 11.8 Å². The van der Waals surface area contributed by atoms with E-state index in [0.717, 1.165) is 0 Å². The fraction of sp³-hybridized carbons (Fsp3) is 0.250. The molecule has 0 aliphatic heterocycles. The molecule has 9 heavy (non-hydrogen) atoms. The van der Waals surface area contributed by atoms with Gasteiger partial charge in [-0.25, -0.2) is 4.99 Å². The summed E-state index contributed by atoms with van der Waals surface area (Å²) in [6, 6.07) is 0. The van der Waals surface area contributed by atoms with Crippen molar-refractivity contribution in [1.29, 1.82) is 10.7 Å². The van der Waals surface area contributed by atoms with Crippen LogP contribution >= 0.6 is 0 Å². The summed E-state index contributed by atoms with van der Waals surface area (Å²) in [5, 5.41) is 16.8. The lowest BCUT2D eigenvalue weighted by molar-refractivity contribution is 1.22. The molecule has 0 fully saturated rings. The van der Waals surface area contributed by atoms with E-state index in [-0.39, 0.29) is 11.8 Å². The maximum absolute atomic E-state index is 7.96. The Morgan fingerprint density at radius 2 is 2.44 bits per heavy atom. The zero-order valence-corrected chi connectivity index (χ0v) is 4.97. The van der Waals surface area contributed by atoms with Gasteiger partial charge in [0.1, 0.15) is 5.84 Å². The lowest BCUT2D eigenvalue weighted by Crippen LogP contribution is -2.27. The molecule has 0 aliphatic rings. The zero-order valence-electron chi connectivity index (χ0n) is 4.97. The quantitative estimate of drug-likeness (QED) is 0.174. The number of guanidine groups is 1. The third kappa shape index (κ3) is 4.28. The molecule has 0 unspecified atom stereocenters. The Balaban J connectivity index is 3.88. The van der Waals surface area contributed by atoms with Gasteiger partial charge in [0.15, 0.2) is 6.19 Å². The van der Waals surface area contributed by atoms with Crippen LogP contribution < -0.4 is 11.1 Å². The van der Waals surface area contributed by atoms with Crippen LogP contribution in [0.3, 0.4) is 0 Å². The minimum Gasteiger partial charge on any atom is -0.369 e. The standard InChI is InChI=1S/C4H7N5/c1-3(6)9-4(7)8-2-5/h1H3,(H4,6,7,8,9). The number of amidine groups is 1. The lowest BCUT2D eigenvalue weighted by atomic mass is 10.7. The summed E-state index contributed by atoms with van der Waals surface area (Å²) in [6.07, 6.45) is 1.57. The number of nitrogens with two attached hydrogens (primary N) is 1. The SMILES string of the molecule is CC(=N)/N=C(\N)NC#N. The molecule has 0 saturated heterocycles. The third-order valence-corrected chi connectivity index (χ3v) is 0.472. The fourth-order valence-electron chi connectivity index (χ4n) is 0.266. The molecule has 0 radical (unpaired) electrons. The van der Waals surface area contributed by atoms with Crippen molar-refractivity contribution in [2.75, 3.05) is 0 Å². The highest BCUT2D eigenvalue weighted by molar-refractivity contribution is 5.92. The van der Waals surface area contributed by atoms with Gasteiger partial charge in [0.25, 0.3) is 0 Å². The number of aliphatic imine (C=N–C) groups is 1. The monoisotopic (exact) mass is 125 g/mol. The van der Waals surface area contributed by atoms with Gasteiger partial charge in [-0.15, -0.1) is 0 Å². The van der Waals surface area contributed by atoms with Crippen LogP contribution in [0.2, 0.25) is 0 Å². The molecular formula is C4H7N5. The van der Waals surface area contributed by atoms with Crippen molar-refractivity contribution in [3.63, 3.8) is 0 Å². The second kappa shape index (κ2) is 3.43. The van der Waals surface area contributed by atoms with Crippen LogP contribution in [0, 0.1) is 16.9 Å². The molecule has 0 aromatic heterocycles. The minimum atomic E-state index is -0.0509. The molecule has 4 N–H and O–H groups in total. The van der Waals surface area contributed by atoms with Gasteiger partial charge in [-0.05, 0) is 6.92 Å². The van der Waals surface area contributed by atoms with Crippen molar-refractivity contribution in [1.82, 2.24) is 5.32 Å². The van der Waals surface area contributed by atoms with Gasteiger partial charge >= 0.3 is 0 Å². The number of hydrogen-bond acceptors (Lipinski definition) is 2. The second-order valence-electron chi connectivity index (χ2n) is 1.32. The van der Waals surface area contributed by atoms with Crippen molar-refractivity contribution < 1.29 is 0 Å². The lowest BCUT2D eigenvalue weighted by Gasteiger charge is -1.91. The van der Waals surface area contributed by atoms with Crippen molar-refractivity contribution >= 4 is 11.8 Å². The number of nitrogens with one attached hydrogen (secondary N) is 2. The average molecular weight is 125 g/mol. The first-order chi connectivity index (χ1) is 4.16. The number of hydrogen-bond donors (Lipinski definition) is 3. The largest absolute Gasteiger partial charge is 0.369 e. The first kappa shape index (κ1) is 7.43. The molecule has 0 rings (SSSR count). The van der Waals surface area contributed by atoms with Gasteiger partial charge in [0.05, 0.1) is 0 Å². The van der Waals surface area contributed by atoms with Crippen LogP contribution in [0.1, 0.15) is 6.92 Å². The Labute approximate surface area is 52.7 Å². The van der Waals surface area contributed by atoms with Gasteiger partial charge in [-0.2, -0.15) is 5.26 Å². The van der Waals surface area contributed by atoms with Crippen molar-refractivity contribution in [3.05, 3.63) is 0 Å². The molecule has 0 amide bonds. The van der Waals surface area contributed by atoms with Crippen molar-refractivity contribution in [3.8, 4) is 6.19 Å². The fourth-order valence-corrected chi connectivity index (χ4v) is 0.266. The number of rotatable bonds is 0. The van der Waals surface area contributed by atoms with Gasteiger partial charge in [0, 0.05) is 0 Å². The van der Waals surface area contributed by atoms with Gasteiger partial charge in [-0.1, -0.05) is 0 Å². The van der Waals surface area contributed by atoms with E-state index in [1.807, 2.05) is 0 Å². The molecule has 0 saturated carbocycles. The molecule has 0 bridgehead atoms. The number of nitriles is 1. The summed E-state index contributed by atoms with van der Waals surface area (Å²) in [5.41, 5.74) is 5.06. The first-order valence-electron chi connectivity index (χ1n) is 2.21. The van der Waals surface area contributed by atoms with E-state index in [4.69, 9.17) is 16.4 Å². The molecule has 0 aromatic carbocycles. The Morgan fingerprint density at radius 1 is 1.89 bits per heavy atom. The second-order valence-corrected chi connectivity index (χ2v) is 1.32. The maximum Gasteiger partial charge on any atom is 0.208 e. The summed E-state index contributed by atoms with van der Waals surface area (Å²) in [6.45, 7) is 1.46. The molecular weight excluding hydrogens is 118 g/mol. The molecule has 0 spiro atoms. The highest BCUT2D eigenvalue weighted by Gasteiger charge is 1.85. The zero-order chi connectivity index (χ0) is 7.28. The third-order valence-electron chi connectivity index (χ3n) is 0.472. The van der Waals surface area contributed by atoms with E-state index in [0.29, 0.717) is 0 Å². The first-order valence-corrected chi connectivity index (χ1v) is 2.21. The van der Waals surface area contributed by atoms with E-state index in [2.05, 4.69) is 10.3 Å². The van der Waals surface area contributed by atoms with E-state index >= 15 is 0 Å². The van der Waals surface area contributed by atoms with E-state index < -0.39 is 0 Å². The number of nitrogens with zero attached hydrogens (tertiary/aromatic N) is 2. The Bertz CT molecular complexity index is 174. The van der Waals surface area contributed by atoms with Gasteiger partial charge in [-0.3, -0.25) is 10.7 Å². The highest BCUT2D eigenvalue weighted by atomic mass is 15.1. The van der Waals surface area contributed by atoms with E-state index in [9.17, 15) is 0 Å². The average Bonchev–Trinajstić information content (AvgIpc) is 1.63. The smallest absolute Gasteiger partial charge is 0.208 e. The predicted molar refractivity (Wildman–Crippen MR) is 33.8 cm³/mol. The summed E-state index contributed by atoms with van der Waals surface area (Å²) in [5.74, 6) is 0.0141. The molecule has 5 nitrogen and oxygen atoms in total. The van der Waals surface area contributed by atoms with Crippen molar-refractivity contribution in [2.24, 2.45) is 10.7 Å². The summed E-state index contributed by atoms with van der Waals surface area (Å²) in [7, 11) is 0. The molecule has 0 atom stereocenters. The topological polar surface area (TPSA) is 98.1 Å². The summed E-state index contributed by atoms with van der Waals surface area (Å²) >= 11 is 0. The minimum absolute atomic E-state index is 0.0509. The van der Waals surface area contributed by atoms with Crippen LogP contribution in [0.15, 0.2) is 4.99 Å². The Kier molecular flexibility index (Phi) is 2.84. The van der Waals surface area contributed by atoms with Crippen LogP contribution in [0.5, 0.6) is 0 Å². The van der Waals surface area contributed by atoms with Crippen molar-refractivity contribution in [2.45, 2.75) is 6.92 Å². The maximum atomic E-state index is 7.96. The molecule has 5 heteroatoms. The molecule has 0 heterocycles. The van der Waals surface area contributed by atoms with Crippen LogP contribution in [0.4, 0.5) is 0 Å². The molecule has 0 aromatic rings. The van der Waals surface area contributed by atoms with Gasteiger partial charge in [0.2, 0.25) is 5.96 Å². The normalized spacial score (nSPS) is 10.0. The van der Waals surface area contributed by atoms with Gasteiger partial charge < -0.3 is 5.73 Å². The summed E-state index contributed by atoms with van der Waals surface area (Å²) in [4.78, 5) is 3.41.